The second-order valence-corrected chi connectivity index (χ2v) is 9.12. The third kappa shape index (κ3) is 5.11. The Hall–Kier alpha value is -1.74. The van der Waals surface area contributed by atoms with E-state index in [1.54, 1.807) is 0 Å². The molecule has 0 spiro atoms. The average molecular weight is 694 g/mol. The minimum absolute atomic E-state index is 3.93. The number of halogens is 23. The SMILES string of the molecule is O=S(=O)(O)C(O)CC(F)(F)C(F)(F)C(F)(F)C(F)(F)C(F)(F)C(F)(F)C(F)(F)C(F)(F)C(F)(F)C(F)(F)C(F)(F)F. The minimum atomic E-state index is -9.55. The fourth-order valence-corrected chi connectivity index (χ4v) is 2.66. The van der Waals surface area contributed by atoms with Gasteiger partial charge in [-0.2, -0.15) is 109 Å². The van der Waals surface area contributed by atoms with Gasteiger partial charge in [-0.3, -0.25) is 4.55 Å². The predicted octanol–water partition coefficient (Wildman–Crippen LogP) is 6.50. The quantitative estimate of drug-likeness (QED) is 0.181. The molecule has 41 heavy (non-hydrogen) atoms. The molecule has 0 radical (unpaired) electrons. The Morgan fingerprint density at radius 2 is 0.610 bits per heavy atom. The van der Waals surface area contributed by atoms with Gasteiger partial charge in [0, 0.05) is 0 Å². The molecule has 1 unspecified atom stereocenters. The molecule has 0 aromatic heterocycles. The topological polar surface area (TPSA) is 74.6 Å². The maximum atomic E-state index is 13.6. The summed E-state index contributed by atoms with van der Waals surface area (Å²) in [6.45, 7) is 0. The first-order valence-electron chi connectivity index (χ1n) is 8.62. The van der Waals surface area contributed by atoms with Crippen LogP contribution in [0, 0.1) is 0 Å². The zero-order valence-corrected chi connectivity index (χ0v) is 18.4. The van der Waals surface area contributed by atoms with Crippen LogP contribution in [0.25, 0.3) is 0 Å². The van der Waals surface area contributed by atoms with E-state index in [0.717, 1.165) is 0 Å². The van der Waals surface area contributed by atoms with E-state index in [1.165, 1.54) is 0 Å². The highest BCUT2D eigenvalue weighted by Gasteiger charge is 2.98. The minimum Gasteiger partial charge on any atom is -0.375 e. The van der Waals surface area contributed by atoms with E-state index in [1.807, 2.05) is 0 Å². The van der Waals surface area contributed by atoms with Crippen molar-refractivity contribution >= 4 is 10.1 Å². The average Bonchev–Trinajstić information content (AvgIpc) is 2.70. The Morgan fingerprint density at radius 3 is 0.805 bits per heavy atom. The van der Waals surface area contributed by atoms with Crippen molar-refractivity contribution in [3.05, 3.63) is 0 Å². The third-order valence-electron chi connectivity index (χ3n) is 4.74. The van der Waals surface area contributed by atoms with Gasteiger partial charge in [-0.1, -0.05) is 0 Å². The van der Waals surface area contributed by atoms with Crippen LogP contribution in [-0.4, -0.2) is 88.9 Å². The second-order valence-electron chi connectivity index (χ2n) is 7.55. The van der Waals surface area contributed by atoms with Crippen LogP contribution in [0.5, 0.6) is 0 Å². The van der Waals surface area contributed by atoms with Gasteiger partial charge in [0.2, 0.25) is 0 Å². The summed E-state index contributed by atoms with van der Waals surface area (Å²) in [5, 5.41) is 8.49. The maximum absolute atomic E-state index is 13.6. The molecular weight excluding hydrogens is 689 g/mol. The fourth-order valence-electron chi connectivity index (χ4n) is 2.24. The first-order chi connectivity index (χ1) is 17.1. The van der Waals surface area contributed by atoms with E-state index in [0.29, 0.717) is 0 Å². The van der Waals surface area contributed by atoms with Gasteiger partial charge in [0.05, 0.1) is 6.42 Å². The number of aliphatic hydroxyl groups excluding tert-OH is 1. The van der Waals surface area contributed by atoms with Crippen molar-refractivity contribution in [1.29, 1.82) is 0 Å². The van der Waals surface area contributed by atoms with Gasteiger partial charge in [0.25, 0.3) is 10.1 Å². The van der Waals surface area contributed by atoms with Crippen molar-refractivity contribution in [3.63, 3.8) is 0 Å². The lowest BCUT2D eigenvalue weighted by atomic mass is 9.85. The summed E-state index contributed by atoms with van der Waals surface area (Å²) in [4.78, 5) is 0. The second kappa shape index (κ2) is 9.63. The lowest BCUT2D eigenvalue weighted by Crippen LogP contribution is -2.77. The Bertz CT molecular complexity index is 1070. The first-order valence-corrected chi connectivity index (χ1v) is 10.1. The highest BCUT2D eigenvalue weighted by molar-refractivity contribution is 7.86. The van der Waals surface area contributed by atoms with Crippen molar-refractivity contribution in [3.8, 4) is 0 Å². The van der Waals surface area contributed by atoms with Crippen molar-refractivity contribution in [2.24, 2.45) is 0 Å². The van der Waals surface area contributed by atoms with Crippen molar-refractivity contribution in [2.45, 2.75) is 77.3 Å². The van der Waals surface area contributed by atoms with Crippen LogP contribution >= 0.6 is 0 Å². The van der Waals surface area contributed by atoms with Gasteiger partial charge in [-0.25, -0.2) is 0 Å². The summed E-state index contributed by atoms with van der Waals surface area (Å²) in [6.07, 6.45) is -12.1. The largest absolute Gasteiger partial charge is 0.460 e. The van der Waals surface area contributed by atoms with Gasteiger partial charge in [-0.05, 0) is 0 Å². The molecule has 28 heteroatoms. The molecule has 0 saturated heterocycles. The van der Waals surface area contributed by atoms with Gasteiger partial charge < -0.3 is 5.11 Å². The smallest absolute Gasteiger partial charge is 0.375 e. The first kappa shape index (κ1) is 39.3. The van der Waals surface area contributed by atoms with E-state index >= 15 is 0 Å². The molecular formula is C13H5F23O4S. The molecule has 0 fully saturated rings. The molecule has 0 rings (SSSR count). The molecule has 2 N–H and O–H groups in total. The van der Waals surface area contributed by atoms with Crippen molar-refractivity contribution < 1.29 is 119 Å². The standard InChI is InChI=1S/C13H5F23O4S/c14-3(15,1-2(37)41(38,39)40)4(16,17)5(18,19)6(20,21)7(22,23)8(24,25)9(26,27)10(28,29)11(30,31)12(32,33)13(34,35)36/h2,37H,1H2,(H,38,39,40). The van der Waals surface area contributed by atoms with Gasteiger partial charge in [-0.15, -0.1) is 0 Å². The van der Waals surface area contributed by atoms with Crippen LogP contribution < -0.4 is 0 Å². The summed E-state index contributed by atoms with van der Waals surface area (Å²) in [7, 11) is -6.45. The number of hydrogen-bond acceptors (Lipinski definition) is 3. The summed E-state index contributed by atoms with van der Waals surface area (Å²) in [5.41, 5.74) is -4.42. The molecule has 0 aliphatic carbocycles. The normalized spacial score (nSPS) is 17.6. The molecule has 0 aromatic rings. The molecule has 248 valence electrons. The predicted molar refractivity (Wildman–Crippen MR) is 77.7 cm³/mol. The van der Waals surface area contributed by atoms with Crippen LogP contribution in [-0.2, 0) is 10.1 Å². The van der Waals surface area contributed by atoms with Crippen LogP contribution in [0.4, 0.5) is 101 Å². The highest BCUT2D eigenvalue weighted by atomic mass is 32.2. The highest BCUT2D eigenvalue weighted by Crippen LogP contribution is 2.67. The Kier molecular flexibility index (Phi) is 9.22. The fraction of sp³-hybridized carbons (Fsp3) is 1.00. The van der Waals surface area contributed by atoms with E-state index in [9.17, 15) is 109 Å². The number of aliphatic hydroxyl groups is 1. The molecule has 0 heterocycles. The van der Waals surface area contributed by atoms with Crippen LogP contribution in [0.1, 0.15) is 6.42 Å². The summed E-state index contributed by atoms with van der Waals surface area (Å²) in [5.74, 6) is -90.0. The van der Waals surface area contributed by atoms with Crippen molar-refractivity contribution in [2.75, 3.05) is 0 Å². The van der Waals surface area contributed by atoms with E-state index in [-0.39, 0.29) is 0 Å². The molecule has 0 aliphatic rings. The third-order valence-corrected chi connectivity index (χ3v) is 5.60. The Balaban J connectivity index is 7.21. The molecule has 1 atom stereocenters. The van der Waals surface area contributed by atoms with Crippen LogP contribution in [0.2, 0.25) is 0 Å². The Labute approximate surface area is 207 Å². The van der Waals surface area contributed by atoms with Gasteiger partial charge in [0.15, 0.2) is 5.44 Å². The molecule has 0 aliphatic heterocycles. The van der Waals surface area contributed by atoms with Crippen LogP contribution in [0.3, 0.4) is 0 Å². The number of alkyl halides is 23. The molecule has 4 nitrogen and oxygen atoms in total. The zero-order chi connectivity index (χ0) is 34.3. The van der Waals surface area contributed by atoms with Gasteiger partial charge >= 0.3 is 65.4 Å². The van der Waals surface area contributed by atoms with E-state index < -0.39 is 87.4 Å². The monoisotopic (exact) mass is 694 g/mol. The summed E-state index contributed by atoms with van der Waals surface area (Å²) < 4.78 is 332. The number of hydrogen-bond donors (Lipinski definition) is 2. The van der Waals surface area contributed by atoms with E-state index in [4.69, 9.17) is 9.66 Å². The van der Waals surface area contributed by atoms with E-state index in [2.05, 4.69) is 0 Å². The molecule has 0 amide bonds. The van der Waals surface area contributed by atoms with Crippen molar-refractivity contribution in [1.82, 2.24) is 0 Å². The Morgan fingerprint density at radius 1 is 0.415 bits per heavy atom. The molecule has 0 aromatic carbocycles. The van der Waals surface area contributed by atoms with Gasteiger partial charge in [0.1, 0.15) is 0 Å². The summed E-state index contributed by atoms with van der Waals surface area (Å²) in [6, 6.07) is 0. The van der Waals surface area contributed by atoms with Crippen LogP contribution in [0.15, 0.2) is 0 Å². The zero-order valence-electron chi connectivity index (χ0n) is 17.6. The molecule has 0 saturated carbocycles. The lowest BCUT2D eigenvalue weighted by molar-refractivity contribution is -0.478. The maximum Gasteiger partial charge on any atom is 0.460 e. The molecule has 0 bridgehead atoms. The lowest BCUT2D eigenvalue weighted by Gasteiger charge is -2.45. The number of rotatable bonds is 12. The summed E-state index contributed by atoms with van der Waals surface area (Å²) >= 11 is 0.